The maximum atomic E-state index is 13.4. The van der Waals surface area contributed by atoms with Gasteiger partial charge in [0.15, 0.2) is 0 Å². The SMILES string of the molecule is Cc1c(Cl)cncc1-n1c(=O)c2sc(-c3ccccc3C#N)cc2n(CCC#N)c1=O. The minimum Gasteiger partial charge on any atom is -0.291 e. The molecule has 7 nitrogen and oxygen atoms in total. The maximum absolute atomic E-state index is 13.4. The first-order valence-corrected chi connectivity index (χ1v) is 10.4. The number of benzene rings is 1. The summed E-state index contributed by atoms with van der Waals surface area (Å²) in [6, 6.07) is 13.0. The number of nitriles is 2. The molecule has 9 heteroatoms. The number of hydrogen-bond donors (Lipinski definition) is 0. The molecule has 1 aromatic carbocycles. The highest BCUT2D eigenvalue weighted by Crippen LogP contribution is 2.33. The summed E-state index contributed by atoms with van der Waals surface area (Å²) in [5.74, 6) is 0. The second kappa shape index (κ2) is 8.19. The summed E-state index contributed by atoms with van der Waals surface area (Å²) in [5.41, 5.74) is 1.36. The standard InChI is InChI=1S/C22H14ClN5O2S/c1-13-16(23)11-26-12-18(13)28-21(29)20-17(27(22(28)30)8-4-7-24)9-19(31-20)15-6-3-2-5-14(15)10-25/h2-3,5-6,9,11-12H,4,8H2,1H3. The molecule has 0 amide bonds. The van der Waals surface area contributed by atoms with Crippen molar-refractivity contribution in [3.05, 3.63) is 79.7 Å². The number of nitrogens with zero attached hydrogens (tertiary/aromatic N) is 5. The average Bonchev–Trinajstić information content (AvgIpc) is 3.22. The Morgan fingerprint density at radius 1 is 1.19 bits per heavy atom. The number of aryl methyl sites for hydroxylation is 1. The van der Waals surface area contributed by atoms with E-state index >= 15 is 0 Å². The third-order valence-electron chi connectivity index (χ3n) is 4.95. The molecule has 0 spiro atoms. The number of thiophene rings is 1. The summed E-state index contributed by atoms with van der Waals surface area (Å²) in [7, 11) is 0. The van der Waals surface area contributed by atoms with Gasteiger partial charge in [-0.1, -0.05) is 29.8 Å². The number of rotatable bonds is 4. The molecule has 3 aromatic heterocycles. The van der Waals surface area contributed by atoms with Gasteiger partial charge in [-0.25, -0.2) is 9.36 Å². The fourth-order valence-corrected chi connectivity index (χ4v) is 4.66. The summed E-state index contributed by atoms with van der Waals surface area (Å²) >= 11 is 7.37. The molecule has 0 atom stereocenters. The van der Waals surface area contributed by atoms with Gasteiger partial charge < -0.3 is 0 Å². The van der Waals surface area contributed by atoms with E-state index in [1.54, 1.807) is 31.2 Å². The van der Waals surface area contributed by atoms with Crippen LogP contribution in [0.25, 0.3) is 26.3 Å². The maximum Gasteiger partial charge on any atom is 0.336 e. The van der Waals surface area contributed by atoms with Crippen LogP contribution in [0, 0.1) is 29.6 Å². The molecule has 0 saturated heterocycles. The molecule has 0 saturated carbocycles. The summed E-state index contributed by atoms with van der Waals surface area (Å²) < 4.78 is 2.80. The summed E-state index contributed by atoms with van der Waals surface area (Å²) in [6.07, 6.45) is 2.96. The van der Waals surface area contributed by atoms with Gasteiger partial charge in [0.05, 0.1) is 46.5 Å². The zero-order chi connectivity index (χ0) is 22.1. The molecule has 152 valence electrons. The summed E-state index contributed by atoms with van der Waals surface area (Å²) in [5, 5.41) is 18.9. The largest absolute Gasteiger partial charge is 0.336 e. The number of aromatic nitrogens is 3. The van der Waals surface area contributed by atoms with Crippen LogP contribution in [0.4, 0.5) is 0 Å². The smallest absolute Gasteiger partial charge is 0.291 e. The molecule has 4 aromatic rings. The number of halogens is 1. The van der Waals surface area contributed by atoms with E-state index in [9.17, 15) is 14.9 Å². The number of pyridine rings is 1. The zero-order valence-corrected chi connectivity index (χ0v) is 17.9. The minimum atomic E-state index is -0.571. The second-order valence-electron chi connectivity index (χ2n) is 6.73. The highest BCUT2D eigenvalue weighted by atomic mass is 35.5. The molecule has 0 aliphatic rings. The van der Waals surface area contributed by atoms with Crippen LogP contribution in [0.5, 0.6) is 0 Å². The molecule has 0 aliphatic heterocycles. The van der Waals surface area contributed by atoms with Gasteiger partial charge in [0.2, 0.25) is 0 Å². The molecule has 4 rings (SSSR count). The van der Waals surface area contributed by atoms with E-state index in [1.165, 1.54) is 28.3 Å². The Morgan fingerprint density at radius 3 is 2.71 bits per heavy atom. The predicted molar refractivity (Wildman–Crippen MR) is 120 cm³/mol. The monoisotopic (exact) mass is 447 g/mol. The molecule has 0 aliphatic carbocycles. The van der Waals surface area contributed by atoms with Gasteiger partial charge in [-0.3, -0.25) is 14.3 Å². The third-order valence-corrected chi connectivity index (χ3v) is 6.48. The van der Waals surface area contributed by atoms with Crippen molar-refractivity contribution in [2.45, 2.75) is 19.9 Å². The van der Waals surface area contributed by atoms with Gasteiger partial charge in [-0.2, -0.15) is 10.5 Å². The Balaban J connectivity index is 2.10. The Kier molecular flexibility index (Phi) is 5.43. The van der Waals surface area contributed by atoms with E-state index in [1.807, 2.05) is 12.1 Å². The molecular formula is C22H14ClN5O2S. The van der Waals surface area contributed by atoms with Crippen LogP contribution in [0.3, 0.4) is 0 Å². The third kappa shape index (κ3) is 3.42. The molecule has 31 heavy (non-hydrogen) atoms. The minimum absolute atomic E-state index is 0.0972. The Bertz CT molecular complexity index is 1540. The van der Waals surface area contributed by atoms with Crippen LogP contribution in [0.1, 0.15) is 17.5 Å². The highest BCUT2D eigenvalue weighted by molar-refractivity contribution is 7.22. The average molecular weight is 448 g/mol. The lowest BCUT2D eigenvalue weighted by molar-refractivity contribution is 0.661. The van der Waals surface area contributed by atoms with E-state index in [0.29, 0.717) is 42.5 Å². The molecule has 0 fully saturated rings. The van der Waals surface area contributed by atoms with Crippen molar-refractivity contribution < 1.29 is 0 Å². The van der Waals surface area contributed by atoms with Crippen LogP contribution in [0.15, 0.2) is 52.3 Å². The molecule has 0 radical (unpaired) electrons. The van der Waals surface area contributed by atoms with Gasteiger partial charge in [0.1, 0.15) is 4.70 Å². The number of fused-ring (bicyclic) bond motifs is 1. The van der Waals surface area contributed by atoms with Crippen molar-refractivity contribution in [3.63, 3.8) is 0 Å². The normalized spacial score (nSPS) is 10.7. The van der Waals surface area contributed by atoms with Gasteiger partial charge in [0, 0.05) is 23.2 Å². The van der Waals surface area contributed by atoms with Crippen molar-refractivity contribution in [2.75, 3.05) is 0 Å². The van der Waals surface area contributed by atoms with E-state index in [0.717, 1.165) is 4.57 Å². The lowest BCUT2D eigenvalue weighted by Gasteiger charge is -2.13. The van der Waals surface area contributed by atoms with Crippen molar-refractivity contribution in [1.29, 1.82) is 10.5 Å². The predicted octanol–water partition coefficient (Wildman–Crippen LogP) is 4.02. The Morgan fingerprint density at radius 2 is 1.97 bits per heavy atom. The summed E-state index contributed by atoms with van der Waals surface area (Å²) in [4.78, 5) is 31.5. The fraction of sp³-hybridized carbons (Fsp3) is 0.136. The van der Waals surface area contributed by atoms with Gasteiger partial charge in [-0.15, -0.1) is 11.3 Å². The van der Waals surface area contributed by atoms with Gasteiger partial charge >= 0.3 is 5.69 Å². The molecule has 0 bridgehead atoms. The van der Waals surface area contributed by atoms with Crippen molar-refractivity contribution >= 4 is 33.2 Å². The van der Waals surface area contributed by atoms with Crippen LogP contribution < -0.4 is 11.2 Å². The molecule has 0 N–H and O–H groups in total. The summed E-state index contributed by atoms with van der Waals surface area (Å²) in [6.45, 7) is 1.83. The van der Waals surface area contributed by atoms with Crippen LogP contribution in [0.2, 0.25) is 5.02 Å². The first-order valence-electron chi connectivity index (χ1n) is 9.24. The molecule has 0 unspecified atom stereocenters. The van der Waals surface area contributed by atoms with Crippen molar-refractivity contribution in [2.24, 2.45) is 0 Å². The van der Waals surface area contributed by atoms with E-state index < -0.39 is 11.2 Å². The van der Waals surface area contributed by atoms with E-state index in [4.69, 9.17) is 16.9 Å². The Hall–Kier alpha value is -3.72. The first kappa shape index (κ1) is 20.5. The highest BCUT2D eigenvalue weighted by Gasteiger charge is 2.20. The molecular weight excluding hydrogens is 434 g/mol. The number of hydrogen-bond acceptors (Lipinski definition) is 6. The zero-order valence-electron chi connectivity index (χ0n) is 16.3. The van der Waals surface area contributed by atoms with Crippen molar-refractivity contribution in [3.8, 4) is 28.3 Å². The van der Waals surface area contributed by atoms with Crippen LogP contribution >= 0.6 is 22.9 Å². The quantitative estimate of drug-likeness (QED) is 0.469. The van der Waals surface area contributed by atoms with Crippen molar-refractivity contribution in [1.82, 2.24) is 14.1 Å². The van der Waals surface area contributed by atoms with Crippen LogP contribution in [-0.4, -0.2) is 14.1 Å². The van der Waals surface area contributed by atoms with Crippen LogP contribution in [-0.2, 0) is 6.54 Å². The Labute approximate surface area is 185 Å². The fourth-order valence-electron chi connectivity index (χ4n) is 3.38. The lowest BCUT2D eigenvalue weighted by atomic mass is 10.1. The second-order valence-corrected chi connectivity index (χ2v) is 8.19. The van der Waals surface area contributed by atoms with Gasteiger partial charge in [-0.05, 0) is 24.6 Å². The topological polar surface area (TPSA) is 104 Å². The van der Waals surface area contributed by atoms with E-state index in [-0.39, 0.29) is 13.0 Å². The molecule has 3 heterocycles. The lowest BCUT2D eigenvalue weighted by Crippen LogP contribution is -2.39. The first-order chi connectivity index (χ1) is 15.0. The van der Waals surface area contributed by atoms with E-state index in [2.05, 4.69) is 11.1 Å². The van der Waals surface area contributed by atoms with Gasteiger partial charge in [0.25, 0.3) is 5.56 Å².